The summed E-state index contributed by atoms with van der Waals surface area (Å²) >= 11 is 6.23. The van der Waals surface area contributed by atoms with Crippen molar-refractivity contribution in [1.29, 1.82) is 0 Å². The predicted octanol–water partition coefficient (Wildman–Crippen LogP) is 5.03. The van der Waals surface area contributed by atoms with Crippen molar-refractivity contribution >= 4 is 34.3 Å². The van der Waals surface area contributed by atoms with Crippen molar-refractivity contribution in [2.24, 2.45) is 7.05 Å². The molecule has 27 heavy (non-hydrogen) atoms. The zero-order chi connectivity index (χ0) is 19.9. The lowest BCUT2D eigenvalue weighted by Gasteiger charge is -2.29. The Balaban J connectivity index is 2.38. The predicted molar refractivity (Wildman–Crippen MR) is 115 cm³/mol. The summed E-state index contributed by atoms with van der Waals surface area (Å²) in [5.74, 6) is 1.22. The lowest BCUT2D eigenvalue weighted by atomic mass is 9.97. The number of nitrogens with zero attached hydrogens (tertiary/aromatic N) is 3. The molecule has 3 aromatic rings. The average molecular weight is 387 g/mol. The van der Waals surface area contributed by atoms with E-state index in [1.807, 2.05) is 30.7 Å². The molecular weight excluding hydrogens is 360 g/mol. The number of benzene rings is 2. The number of methoxy groups -OCH3 is 1. The maximum absolute atomic E-state index is 6.23. The van der Waals surface area contributed by atoms with Gasteiger partial charge < -0.3 is 19.9 Å². The summed E-state index contributed by atoms with van der Waals surface area (Å²) < 4.78 is 7.58. The van der Waals surface area contributed by atoms with Crippen LogP contribution >= 0.6 is 11.6 Å². The first-order chi connectivity index (χ1) is 12.8. The van der Waals surface area contributed by atoms with Gasteiger partial charge in [0.2, 0.25) is 5.95 Å². The second kappa shape index (κ2) is 7.31. The molecule has 2 aromatic carbocycles. The van der Waals surface area contributed by atoms with E-state index < -0.39 is 0 Å². The number of rotatable bonds is 5. The van der Waals surface area contributed by atoms with Crippen LogP contribution in [0.4, 0.5) is 11.6 Å². The molecule has 0 fully saturated rings. The number of nitrogens with two attached hydrogens (primary N) is 1. The van der Waals surface area contributed by atoms with Gasteiger partial charge in [0, 0.05) is 35.8 Å². The molecule has 2 N–H and O–H groups in total. The van der Waals surface area contributed by atoms with E-state index in [0.29, 0.717) is 17.0 Å². The SMILES string of the molecule is CCN(c1ccc(-c2c(C)cc(Cl)cc2OC)c2nc(N)n(C)c12)C(C)C. The minimum absolute atomic E-state index is 0.368. The Labute approximate surface area is 165 Å². The summed E-state index contributed by atoms with van der Waals surface area (Å²) in [6, 6.07) is 8.40. The highest BCUT2D eigenvalue weighted by molar-refractivity contribution is 6.31. The Hall–Kier alpha value is -2.40. The van der Waals surface area contributed by atoms with Crippen molar-refractivity contribution in [2.45, 2.75) is 33.7 Å². The van der Waals surface area contributed by atoms with Crippen LogP contribution < -0.4 is 15.4 Å². The standard InChI is InChI=1S/C21H27ClN4O/c1-7-26(12(2)3)16-9-8-15(19-20(16)25(5)21(23)24-19)18-13(4)10-14(22)11-17(18)27-6/h8-12H,7H2,1-6H3,(H2,23,24). The normalized spacial score (nSPS) is 11.4. The fourth-order valence-electron chi connectivity index (χ4n) is 3.78. The van der Waals surface area contributed by atoms with Crippen LogP contribution in [-0.2, 0) is 7.05 Å². The second-order valence-corrected chi connectivity index (χ2v) is 7.47. The fourth-order valence-corrected chi connectivity index (χ4v) is 4.05. The second-order valence-electron chi connectivity index (χ2n) is 7.04. The molecule has 0 spiro atoms. The number of ether oxygens (including phenoxy) is 1. The largest absolute Gasteiger partial charge is 0.496 e. The third-order valence-corrected chi connectivity index (χ3v) is 5.28. The Bertz CT molecular complexity index is 994. The molecule has 144 valence electrons. The van der Waals surface area contributed by atoms with Crippen LogP contribution in [0.3, 0.4) is 0 Å². The number of aryl methyl sites for hydroxylation is 2. The number of halogens is 1. The van der Waals surface area contributed by atoms with Gasteiger partial charge >= 0.3 is 0 Å². The maximum Gasteiger partial charge on any atom is 0.201 e. The summed E-state index contributed by atoms with van der Waals surface area (Å²) in [7, 11) is 3.61. The number of hydrogen-bond acceptors (Lipinski definition) is 4. The van der Waals surface area contributed by atoms with Gasteiger partial charge in [-0.3, -0.25) is 0 Å². The molecule has 5 nitrogen and oxygen atoms in total. The summed E-state index contributed by atoms with van der Waals surface area (Å²) in [6.45, 7) is 9.47. The van der Waals surface area contributed by atoms with Gasteiger partial charge in [-0.1, -0.05) is 11.6 Å². The highest BCUT2D eigenvalue weighted by Gasteiger charge is 2.22. The first kappa shape index (κ1) is 19.4. The van der Waals surface area contributed by atoms with E-state index in [1.54, 1.807) is 7.11 Å². The van der Waals surface area contributed by atoms with E-state index in [4.69, 9.17) is 27.1 Å². The molecule has 0 saturated heterocycles. The number of aromatic nitrogens is 2. The number of hydrogen-bond donors (Lipinski definition) is 1. The molecule has 1 aromatic heterocycles. The van der Waals surface area contributed by atoms with Gasteiger partial charge in [0.25, 0.3) is 0 Å². The van der Waals surface area contributed by atoms with Crippen LogP contribution in [0.1, 0.15) is 26.3 Å². The van der Waals surface area contributed by atoms with E-state index in [2.05, 4.69) is 37.8 Å². The quantitative estimate of drug-likeness (QED) is 0.668. The first-order valence-electron chi connectivity index (χ1n) is 9.16. The summed E-state index contributed by atoms with van der Waals surface area (Å²) in [5, 5.41) is 0.651. The molecule has 1 heterocycles. The fraction of sp³-hybridized carbons (Fsp3) is 0.381. The number of imidazole rings is 1. The zero-order valence-electron chi connectivity index (χ0n) is 16.8. The summed E-state index contributed by atoms with van der Waals surface area (Å²) in [4.78, 5) is 7.04. The van der Waals surface area contributed by atoms with Crippen LogP contribution in [0.5, 0.6) is 5.75 Å². The molecule has 0 bridgehead atoms. The van der Waals surface area contributed by atoms with Crippen molar-refractivity contribution in [3.63, 3.8) is 0 Å². The minimum atomic E-state index is 0.368. The van der Waals surface area contributed by atoms with Crippen LogP contribution in [0, 0.1) is 6.92 Å². The van der Waals surface area contributed by atoms with Crippen molar-refractivity contribution < 1.29 is 4.74 Å². The number of anilines is 2. The van der Waals surface area contributed by atoms with E-state index in [0.717, 1.165) is 45.7 Å². The van der Waals surface area contributed by atoms with E-state index in [1.165, 1.54) is 0 Å². The van der Waals surface area contributed by atoms with Gasteiger partial charge in [-0.05, 0) is 57.5 Å². The molecule has 0 amide bonds. The Morgan fingerprint density at radius 2 is 2.00 bits per heavy atom. The average Bonchev–Trinajstić information content (AvgIpc) is 2.91. The molecule has 3 rings (SSSR count). The number of fused-ring (bicyclic) bond motifs is 1. The van der Waals surface area contributed by atoms with Crippen LogP contribution in [0.15, 0.2) is 24.3 Å². The first-order valence-corrected chi connectivity index (χ1v) is 9.53. The maximum atomic E-state index is 6.23. The zero-order valence-corrected chi connectivity index (χ0v) is 17.6. The van der Waals surface area contributed by atoms with Crippen LogP contribution in [0.2, 0.25) is 5.02 Å². The van der Waals surface area contributed by atoms with Gasteiger partial charge in [0.05, 0.1) is 18.3 Å². The van der Waals surface area contributed by atoms with Gasteiger partial charge in [-0.2, -0.15) is 0 Å². The summed E-state index contributed by atoms with van der Waals surface area (Å²) in [5.41, 5.74) is 12.2. The third kappa shape index (κ3) is 3.21. The molecule has 0 unspecified atom stereocenters. The highest BCUT2D eigenvalue weighted by Crippen LogP contribution is 2.42. The molecule has 0 aliphatic heterocycles. The van der Waals surface area contributed by atoms with Crippen molar-refractivity contribution in [3.8, 4) is 16.9 Å². The molecule has 0 aliphatic carbocycles. The Kier molecular flexibility index (Phi) is 5.24. The van der Waals surface area contributed by atoms with Gasteiger partial charge in [-0.25, -0.2) is 4.98 Å². The molecule has 6 heteroatoms. The summed E-state index contributed by atoms with van der Waals surface area (Å²) in [6.07, 6.45) is 0. The topological polar surface area (TPSA) is 56.3 Å². The van der Waals surface area contributed by atoms with Crippen LogP contribution in [-0.4, -0.2) is 29.2 Å². The molecule has 0 saturated carbocycles. The highest BCUT2D eigenvalue weighted by atomic mass is 35.5. The van der Waals surface area contributed by atoms with Crippen molar-refractivity contribution in [2.75, 3.05) is 24.3 Å². The third-order valence-electron chi connectivity index (χ3n) is 5.06. The Morgan fingerprint density at radius 3 is 2.59 bits per heavy atom. The monoisotopic (exact) mass is 386 g/mol. The van der Waals surface area contributed by atoms with Gasteiger partial charge in [0.1, 0.15) is 11.3 Å². The smallest absolute Gasteiger partial charge is 0.201 e. The molecular formula is C21H27ClN4O. The minimum Gasteiger partial charge on any atom is -0.496 e. The van der Waals surface area contributed by atoms with E-state index in [9.17, 15) is 0 Å². The van der Waals surface area contributed by atoms with E-state index in [-0.39, 0.29) is 0 Å². The number of nitrogen functional groups attached to an aromatic ring is 1. The van der Waals surface area contributed by atoms with Crippen LogP contribution in [0.25, 0.3) is 22.2 Å². The molecule has 0 aliphatic rings. The van der Waals surface area contributed by atoms with Gasteiger partial charge in [0.15, 0.2) is 0 Å². The van der Waals surface area contributed by atoms with E-state index >= 15 is 0 Å². The molecule has 0 atom stereocenters. The lowest BCUT2D eigenvalue weighted by Crippen LogP contribution is -2.30. The molecule has 0 radical (unpaired) electrons. The van der Waals surface area contributed by atoms with Crippen molar-refractivity contribution in [3.05, 3.63) is 34.9 Å². The van der Waals surface area contributed by atoms with Gasteiger partial charge in [-0.15, -0.1) is 0 Å². The van der Waals surface area contributed by atoms with Crippen molar-refractivity contribution in [1.82, 2.24) is 9.55 Å². The lowest BCUT2D eigenvalue weighted by molar-refractivity contribution is 0.416. The Morgan fingerprint density at radius 1 is 1.30 bits per heavy atom.